The van der Waals surface area contributed by atoms with Crippen LogP contribution < -0.4 is 14.8 Å². The summed E-state index contributed by atoms with van der Waals surface area (Å²) < 4.78 is 36.4. The molecule has 0 aromatic heterocycles. The average molecular weight is 298 g/mol. The minimum absolute atomic E-state index is 0.148. The molecule has 6 heteroatoms. The van der Waals surface area contributed by atoms with Gasteiger partial charge in [0.05, 0.1) is 5.02 Å². The minimum atomic E-state index is -0.890. The molecular formula is C14H10ClF2NO2. The van der Waals surface area contributed by atoms with Gasteiger partial charge in [0.1, 0.15) is 0 Å². The van der Waals surface area contributed by atoms with Gasteiger partial charge in [-0.15, -0.1) is 0 Å². The number of hydrogen-bond donors (Lipinski definition) is 1. The molecule has 1 N–H and O–H groups in total. The highest BCUT2D eigenvalue weighted by molar-refractivity contribution is 6.32. The summed E-state index contributed by atoms with van der Waals surface area (Å²) in [5, 5.41) is 3.45. The quantitative estimate of drug-likeness (QED) is 0.930. The lowest BCUT2D eigenvalue weighted by Crippen LogP contribution is -2.00. The molecule has 0 saturated carbocycles. The fourth-order valence-electron chi connectivity index (χ4n) is 1.93. The van der Waals surface area contributed by atoms with Gasteiger partial charge in [0.15, 0.2) is 23.1 Å². The van der Waals surface area contributed by atoms with E-state index < -0.39 is 11.6 Å². The van der Waals surface area contributed by atoms with E-state index in [1.165, 1.54) is 6.07 Å². The van der Waals surface area contributed by atoms with Gasteiger partial charge >= 0.3 is 0 Å². The van der Waals surface area contributed by atoms with Crippen LogP contribution in [0.15, 0.2) is 30.3 Å². The number of hydrogen-bond acceptors (Lipinski definition) is 3. The summed E-state index contributed by atoms with van der Waals surface area (Å²) in [6, 6.07) is 7.17. The van der Waals surface area contributed by atoms with Gasteiger partial charge in [-0.3, -0.25) is 0 Å². The predicted molar refractivity (Wildman–Crippen MR) is 71.3 cm³/mol. The molecule has 1 heterocycles. The summed E-state index contributed by atoms with van der Waals surface area (Å²) in [5.41, 5.74) is 1.33. The Morgan fingerprint density at radius 3 is 2.75 bits per heavy atom. The third kappa shape index (κ3) is 2.49. The summed E-state index contributed by atoms with van der Waals surface area (Å²) >= 11 is 6.06. The molecule has 0 fully saturated rings. The molecule has 0 spiro atoms. The Morgan fingerprint density at radius 2 is 1.95 bits per heavy atom. The van der Waals surface area contributed by atoms with Crippen LogP contribution in [0.3, 0.4) is 0 Å². The first-order valence-electron chi connectivity index (χ1n) is 5.90. The van der Waals surface area contributed by atoms with Crippen molar-refractivity contribution < 1.29 is 18.3 Å². The third-order valence-electron chi connectivity index (χ3n) is 2.90. The zero-order valence-electron chi connectivity index (χ0n) is 10.3. The standard InChI is InChI=1S/C14H10ClF2NO2/c15-10-3-8(4-13-14(10)20-7-19-13)6-18-9-1-2-11(16)12(17)5-9/h1-5,18H,6-7H2. The summed E-state index contributed by atoms with van der Waals surface area (Å²) in [6.45, 7) is 0.552. The predicted octanol–water partition coefficient (Wildman–Crippen LogP) is 3.96. The minimum Gasteiger partial charge on any atom is -0.454 e. The summed E-state index contributed by atoms with van der Waals surface area (Å²) in [4.78, 5) is 0. The molecule has 0 atom stereocenters. The highest BCUT2D eigenvalue weighted by Crippen LogP contribution is 2.39. The van der Waals surface area contributed by atoms with Crippen LogP contribution in [-0.2, 0) is 6.54 Å². The van der Waals surface area contributed by atoms with Crippen LogP contribution in [-0.4, -0.2) is 6.79 Å². The molecule has 0 aliphatic carbocycles. The number of fused-ring (bicyclic) bond motifs is 1. The summed E-state index contributed by atoms with van der Waals surface area (Å²) in [5.74, 6) is -0.650. The van der Waals surface area contributed by atoms with Crippen molar-refractivity contribution in [2.75, 3.05) is 12.1 Å². The summed E-state index contributed by atoms with van der Waals surface area (Å²) in [7, 11) is 0. The maximum Gasteiger partial charge on any atom is 0.231 e. The number of benzene rings is 2. The van der Waals surface area contributed by atoms with Gasteiger partial charge in [0, 0.05) is 18.3 Å². The van der Waals surface area contributed by atoms with Gasteiger partial charge in [-0.25, -0.2) is 8.78 Å². The fraction of sp³-hybridized carbons (Fsp3) is 0.143. The molecule has 3 nitrogen and oxygen atoms in total. The second-order valence-corrected chi connectivity index (χ2v) is 4.70. The maximum absolute atomic E-state index is 13.1. The molecule has 20 heavy (non-hydrogen) atoms. The maximum atomic E-state index is 13.1. The largest absolute Gasteiger partial charge is 0.454 e. The zero-order valence-corrected chi connectivity index (χ0v) is 11.0. The Bertz CT molecular complexity index is 664. The van der Waals surface area contributed by atoms with Gasteiger partial charge in [-0.2, -0.15) is 0 Å². The van der Waals surface area contributed by atoms with E-state index in [0.29, 0.717) is 28.8 Å². The number of ether oxygens (including phenoxy) is 2. The first kappa shape index (κ1) is 13.0. The van der Waals surface area contributed by atoms with E-state index in [9.17, 15) is 8.78 Å². The van der Waals surface area contributed by atoms with Crippen molar-refractivity contribution in [3.63, 3.8) is 0 Å². The lowest BCUT2D eigenvalue weighted by atomic mass is 10.2. The van der Waals surface area contributed by atoms with Crippen molar-refractivity contribution in [2.45, 2.75) is 6.54 Å². The Morgan fingerprint density at radius 1 is 1.10 bits per heavy atom. The number of anilines is 1. The van der Waals surface area contributed by atoms with Crippen LogP contribution in [0, 0.1) is 11.6 Å². The normalized spacial score (nSPS) is 12.6. The fourth-order valence-corrected chi connectivity index (χ4v) is 2.22. The van der Waals surface area contributed by atoms with Crippen molar-refractivity contribution in [1.29, 1.82) is 0 Å². The van der Waals surface area contributed by atoms with Crippen LogP contribution in [0.5, 0.6) is 11.5 Å². The van der Waals surface area contributed by atoms with Crippen molar-refractivity contribution in [1.82, 2.24) is 0 Å². The molecule has 104 valence electrons. The highest BCUT2D eigenvalue weighted by Gasteiger charge is 2.18. The highest BCUT2D eigenvalue weighted by atomic mass is 35.5. The van der Waals surface area contributed by atoms with E-state index in [0.717, 1.165) is 17.7 Å². The van der Waals surface area contributed by atoms with Crippen LogP contribution in [0.1, 0.15) is 5.56 Å². The van der Waals surface area contributed by atoms with Crippen molar-refractivity contribution in [2.24, 2.45) is 0 Å². The number of nitrogens with one attached hydrogen (secondary N) is 1. The zero-order chi connectivity index (χ0) is 14.1. The van der Waals surface area contributed by atoms with Gasteiger partial charge in [0.25, 0.3) is 0 Å². The van der Waals surface area contributed by atoms with Gasteiger partial charge in [-0.1, -0.05) is 11.6 Å². The SMILES string of the molecule is Fc1ccc(NCc2cc(Cl)c3c(c2)OCO3)cc1F. The first-order chi connectivity index (χ1) is 9.63. The molecule has 1 aliphatic rings. The van der Waals surface area contributed by atoms with Gasteiger partial charge in [-0.05, 0) is 29.8 Å². The molecule has 1 aliphatic heterocycles. The van der Waals surface area contributed by atoms with E-state index >= 15 is 0 Å². The van der Waals surface area contributed by atoms with Crippen LogP contribution in [0.4, 0.5) is 14.5 Å². The monoisotopic (exact) mass is 297 g/mol. The van der Waals surface area contributed by atoms with E-state index in [-0.39, 0.29) is 6.79 Å². The van der Waals surface area contributed by atoms with E-state index in [4.69, 9.17) is 21.1 Å². The van der Waals surface area contributed by atoms with E-state index in [1.54, 1.807) is 12.1 Å². The molecule has 2 aromatic rings. The van der Waals surface area contributed by atoms with Gasteiger partial charge in [0.2, 0.25) is 6.79 Å². The third-order valence-corrected chi connectivity index (χ3v) is 3.18. The van der Waals surface area contributed by atoms with Crippen molar-refractivity contribution in [3.05, 3.63) is 52.6 Å². The molecule has 0 bridgehead atoms. The molecule has 0 unspecified atom stereocenters. The van der Waals surface area contributed by atoms with Crippen molar-refractivity contribution >= 4 is 17.3 Å². The van der Waals surface area contributed by atoms with Gasteiger partial charge < -0.3 is 14.8 Å². The Balaban J connectivity index is 1.75. The smallest absolute Gasteiger partial charge is 0.231 e. The Kier molecular flexibility index (Phi) is 3.36. The second kappa shape index (κ2) is 5.17. The first-order valence-corrected chi connectivity index (χ1v) is 6.28. The number of rotatable bonds is 3. The molecular weight excluding hydrogens is 288 g/mol. The topological polar surface area (TPSA) is 30.5 Å². The molecule has 0 saturated heterocycles. The molecule has 0 radical (unpaired) electrons. The van der Waals surface area contributed by atoms with Crippen LogP contribution in [0.2, 0.25) is 5.02 Å². The average Bonchev–Trinajstić information content (AvgIpc) is 2.89. The molecule has 0 amide bonds. The summed E-state index contributed by atoms with van der Waals surface area (Å²) in [6.07, 6.45) is 0. The van der Waals surface area contributed by atoms with E-state index in [2.05, 4.69) is 5.32 Å². The Labute approximate surface area is 119 Å². The van der Waals surface area contributed by atoms with E-state index in [1.807, 2.05) is 0 Å². The Hall–Kier alpha value is -2.01. The number of halogens is 3. The molecule has 3 rings (SSSR count). The molecule has 2 aromatic carbocycles. The lowest BCUT2D eigenvalue weighted by Gasteiger charge is -2.08. The van der Waals surface area contributed by atoms with Crippen molar-refractivity contribution in [3.8, 4) is 11.5 Å². The van der Waals surface area contributed by atoms with Crippen LogP contribution in [0.25, 0.3) is 0 Å². The van der Waals surface area contributed by atoms with Crippen LogP contribution >= 0.6 is 11.6 Å². The second-order valence-electron chi connectivity index (χ2n) is 4.29. The lowest BCUT2D eigenvalue weighted by molar-refractivity contribution is 0.174.